The van der Waals surface area contributed by atoms with E-state index in [1.54, 1.807) is 17.3 Å². The fraction of sp³-hybridized carbons (Fsp3) is 0.688. The maximum Gasteiger partial charge on any atom is 0.248 e. The van der Waals surface area contributed by atoms with E-state index in [1.807, 2.05) is 19.0 Å². The molecule has 10 heteroatoms. The van der Waals surface area contributed by atoms with Crippen molar-refractivity contribution in [3.8, 4) is 0 Å². The largest absolute Gasteiger partial charge is 0.375 e. The molecule has 1 amide bonds. The normalized spacial score (nSPS) is 25.1. The highest BCUT2D eigenvalue weighted by molar-refractivity contribution is 7.91. The average molecular weight is 383 g/mol. The van der Waals surface area contributed by atoms with E-state index in [0.29, 0.717) is 25.6 Å². The number of nitrogens with zero attached hydrogens (tertiary/aromatic N) is 5. The zero-order valence-corrected chi connectivity index (χ0v) is 16.1. The zero-order valence-electron chi connectivity index (χ0n) is 15.3. The van der Waals surface area contributed by atoms with Gasteiger partial charge in [0.2, 0.25) is 11.9 Å². The number of fused-ring (bicyclic) bond motifs is 1. The molecule has 0 N–H and O–H groups in total. The van der Waals surface area contributed by atoms with Crippen molar-refractivity contribution < 1.29 is 17.9 Å². The first-order chi connectivity index (χ1) is 12.3. The van der Waals surface area contributed by atoms with Gasteiger partial charge in [0, 0.05) is 64.8 Å². The summed E-state index contributed by atoms with van der Waals surface area (Å²) in [6.45, 7) is 1.65. The van der Waals surface area contributed by atoms with Crippen LogP contribution in [-0.2, 0) is 25.9 Å². The lowest BCUT2D eigenvalue weighted by atomic mass is 10.0. The van der Waals surface area contributed by atoms with Crippen LogP contribution in [0.5, 0.6) is 0 Å². The fourth-order valence-electron chi connectivity index (χ4n) is 3.63. The highest BCUT2D eigenvalue weighted by atomic mass is 32.2. The highest BCUT2D eigenvalue weighted by Crippen LogP contribution is 2.28. The van der Waals surface area contributed by atoms with Gasteiger partial charge in [-0.15, -0.1) is 0 Å². The molecule has 9 nitrogen and oxygen atoms in total. The number of hydrogen-bond donors (Lipinski definition) is 0. The number of ether oxygens (including phenoxy) is 1. The van der Waals surface area contributed by atoms with Crippen LogP contribution in [0.15, 0.2) is 12.4 Å². The Morgan fingerprint density at radius 2 is 1.88 bits per heavy atom. The van der Waals surface area contributed by atoms with Gasteiger partial charge >= 0.3 is 0 Å². The molecular weight excluding hydrogens is 358 g/mol. The van der Waals surface area contributed by atoms with Crippen molar-refractivity contribution in [2.24, 2.45) is 0 Å². The van der Waals surface area contributed by atoms with Crippen LogP contribution in [0.4, 0.5) is 5.95 Å². The topological polar surface area (TPSA) is 95.9 Å². The molecule has 0 bridgehead atoms. The van der Waals surface area contributed by atoms with E-state index in [9.17, 15) is 13.2 Å². The second kappa shape index (κ2) is 7.45. The molecule has 0 unspecified atom stereocenters. The van der Waals surface area contributed by atoms with Gasteiger partial charge < -0.3 is 14.5 Å². The van der Waals surface area contributed by atoms with Gasteiger partial charge in [-0.2, -0.15) is 0 Å². The number of methoxy groups -OCH3 is 1. The lowest BCUT2D eigenvalue weighted by Crippen LogP contribution is -2.60. The number of hydrogen-bond acceptors (Lipinski definition) is 8. The third kappa shape index (κ3) is 3.97. The van der Waals surface area contributed by atoms with Gasteiger partial charge in [0.1, 0.15) is 6.61 Å². The zero-order chi connectivity index (χ0) is 18.9. The maximum atomic E-state index is 12.3. The predicted octanol–water partition coefficient (Wildman–Crippen LogP) is -1.00. The first-order valence-corrected chi connectivity index (χ1v) is 10.3. The fourth-order valence-corrected chi connectivity index (χ4v) is 5.64. The molecule has 0 radical (unpaired) electrons. The Labute approximate surface area is 153 Å². The minimum absolute atomic E-state index is 0.0136. The number of anilines is 1. The van der Waals surface area contributed by atoms with Crippen molar-refractivity contribution in [2.45, 2.75) is 18.6 Å². The van der Waals surface area contributed by atoms with Crippen LogP contribution in [0.25, 0.3) is 0 Å². The van der Waals surface area contributed by atoms with Crippen LogP contribution < -0.4 is 4.90 Å². The maximum absolute atomic E-state index is 12.3. The average Bonchev–Trinajstić information content (AvgIpc) is 2.91. The number of sulfone groups is 1. The van der Waals surface area contributed by atoms with Crippen LogP contribution in [-0.4, -0.2) is 98.6 Å². The van der Waals surface area contributed by atoms with E-state index in [4.69, 9.17) is 4.74 Å². The molecular formula is C16H25N5O4S. The Bertz CT molecular complexity index is 752. The minimum Gasteiger partial charge on any atom is -0.375 e. The molecule has 144 valence electrons. The Morgan fingerprint density at radius 1 is 1.23 bits per heavy atom. The molecule has 26 heavy (non-hydrogen) atoms. The van der Waals surface area contributed by atoms with Gasteiger partial charge in [0.15, 0.2) is 9.84 Å². The van der Waals surface area contributed by atoms with Crippen molar-refractivity contribution in [2.75, 3.05) is 57.3 Å². The molecule has 1 aromatic heterocycles. The lowest BCUT2D eigenvalue weighted by Gasteiger charge is -2.43. The number of piperazine rings is 1. The summed E-state index contributed by atoms with van der Waals surface area (Å²) in [5.74, 6) is 0.563. The van der Waals surface area contributed by atoms with Crippen LogP contribution in [0.3, 0.4) is 0 Å². The van der Waals surface area contributed by atoms with Crippen molar-refractivity contribution in [3.05, 3.63) is 18.0 Å². The monoisotopic (exact) mass is 383 g/mol. The summed E-state index contributed by atoms with van der Waals surface area (Å²) in [4.78, 5) is 26.5. The van der Waals surface area contributed by atoms with Gasteiger partial charge in [-0.05, 0) is 0 Å². The lowest BCUT2D eigenvalue weighted by molar-refractivity contribution is -0.141. The van der Waals surface area contributed by atoms with Crippen LogP contribution in [0.2, 0.25) is 0 Å². The number of carbonyl (C=O) groups is 1. The molecule has 2 atom stereocenters. The molecule has 2 aliphatic heterocycles. The second-order valence-electron chi connectivity index (χ2n) is 6.99. The first-order valence-electron chi connectivity index (χ1n) is 8.52. The summed E-state index contributed by atoms with van der Waals surface area (Å²) in [5.41, 5.74) is 0.926. The molecule has 0 saturated carbocycles. The van der Waals surface area contributed by atoms with Gasteiger partial charge in [-0.25, -0.2) is 18.4 Å². The molecule has 3 heterocycles. The molecule has 0 aromatic carbocycles. The SMILES string of the molecule is COCC(=O)N1CCN(Cc2cnc(N(C)C)nc2)[C@H]2CS(=O)(=O)C[C@H]21. The van der Waals surface area contributed by atoms with Crippen LogP contribution in [0, 0.1) is 0 Å². The van der Waals surface area contributed by atoms with E-state index >= 15 is 0 Å². The van der Waals surface area contributed by atoms with Crippen molar-refractivity contribution in [3.63, 3.8) is 0 Å². The quantitative estimate of drug-likeness (QED) is 0.639. The Morgan fingerprint density at radius 3 is 2.50 bits per heavy atom. The molecule has 0 spiro atoms. The van der Waals surface area contributed by atoms with E-state index in [1.165, 1.54) is 7.11 Å². The van der Waals surface area contributed by atoms with Gasteiger partial charge in [-0.3, -0.25) is 9.69 Å². The number of amides is 1. The molecule has 1 aromatic rings. The second-order valence-corrected chi connectivity index (χ2v) is 9.14. The van der Waals surface area contributed by atoms with E-state index in [2.05, 4.69) is 14.9 Å². The van der Waals surface area contributed by atoms with Crippen molar-refractivity contribution in [1.29, 1.82) is 0 Å². The smallest absolute Gasteiger partial charge is 0.248 e. The molecule has 0 aliphatic carbocycles. The third-order valence-electron chi connectivity index (χ3n) is 4.86. The van der Waals surface area contributed by atoms with Crippen LogP contribution >= 0.6 is 0 Å². The third-order valence-corrected chi connectivity index (χ3v) is 6.56. The molecule has 2 aliphatic rings. The first kappa shape index (κ1) is 19.0. The summed E-state index contributed by atoms with van der Waals surface area (Å²) >= 11 is 0. The van der Waals surface area contributed by atoms with E-state index in [0.717, 1.165) is 5.56 Å². The predicted molar refractivity (Wildman–Crippen MR) is 96.6 cm³/mol. The minimum atomic E-state index is -3.17. The summed E-state index contributed by atoms with van der Waals surface area (Å²) < 4.78 is 29.4. The summed E-state index contributed by atoms with van der Waals surface area (Å²) in [5, 5.41) is 0. The number of rotatable bonds is 5. The Hall–Kier alpha value is -1.78. The standard InChI is InChI=1S/C16H25N5O4S/c1-19(2)16-17-6-12(7-18-16)8-20-4-5-21(15(22)9-25-3)14-11-26(23,24)10-13(14)20/h6-7,13-14H,4-5,8-11H2,1-3H3/t13-,14+/m0/s1. The number of aromatic nitrogens is 2. The molecule has 3 rings (SSSR count). The number of carbonyl (C=O) groups excluding carboxylic acids is 1. The Kier molecular flexibility index (Phi) is 5.44. The van der Waals surface area contributed by atoms with Gasteiger partial charge in [0.05, 0.1) is 17.5 Å². The summed E-state index contributed by atoms with van der Waals surface area (Å²) in [6.07, 6.45) is 3.53. The van der Waals surface area contributed by atoms with E-state index < -0.39 is 9.84 Å². The van der Waals surface area contributed by atoms with Crippen LogP contribution in [0.1, 0.15) is 5.56 Å². The highest BCUT2D eigenvalue weighted by Gasteiger charge is 2.47. The Balaban J connectivity index is 1.76. The molecule has 2 fully saturated rings. The summed E-state index contributed by atoms with van der Waals surface area (Å²) in [7, 11) is 2.05. The van der Waals surface area contributed by atoms with Gasteiger partial charge in [0.25, 0.3) is 0 Å². The van der Waals surface area contributed by atoms with Gasteiger partial charge in [-0.1, -0.05) is 0 Å². The van der Waals surface area contributed by atoms with Crippen molar-refractivity contribution in [1.82, 2.24) is 19.8 Å². The van der Waals surface area contributed by atoms with E-state index in [-0.39, 0.29) is 36.1 Å². The van der Waals surface area contributed by atoms with Crippen molar-refractivity contribution >= 4 is 21.7 Å². The summed E-state index contributed by atoms with van der Waals surface area (Å²) in [6, 6.07) is -0.526. The molecule has 2 saturated heterocycles.